The van der Waals surface area contributed by atoms with Gasteiger partial charge in [-0.2, -0.15) is 0 Å². The fourth-order valence-electron chi connectivity index (χ4n) is 2.11. The fourth-order valence-corrected chi connectivity index (χ4v) is 2.11. The molecule has 0 fully saturated rings. The van der Waals surface area contributed by atoms with Crippen molar-refractivity contribution in [2.24, 2.45) is 5.92 Å². The van der Waals surface area contributed by atoms with Gasteiger partial charge in [0.2, 0.25) is 0 Å². The molecule has 0 aliphatic rings. The Morgan fingerprint density at radius 2 is 1.36 bits per heavy atom. The molecule has 1 atom stereocenters. The lowest BCUT2D eigenvalue weighted by molar-refractivity contribution is -0.111. The summed E-state index contributed by atoms with van der Waals surface area (Å²) in [6, 6.07) is 18.6. The van der Waals surface area contributed by atoms with Gasteiger partial charge in [0, 0.05) is 20.1 Å². The van der Waals surface area contributed by atoms with Gasteiger partial charge in [-0.1, -0.05) is 60.2 Å². The summed E-state index contributed by atoms with van der Waals surface area (Å²) in [7, 11) is 2.70. The van der Waals surface area contributed by atoms with E-state index < -0.39 is 0 Å². The summed E-state index contributed by atoms with van der Waals surface area (Å²) < 4.78 is 4.75. The predicted octanol–water partition coefficient (Wildman–Crippen LogP) is 4.25. The van der Waals surface area contributed by atoms with Gasteiger partial charge in [0.1, 0.15) is 6.29 Å². The molecule has 0 aliphatic heterocycles. The van der Waals surface area contributed by atoms with Gasteiger partial charge in [-0.3, -0.25) is 0 Å². The van der Waals surface area contributed by atoms with Crippen LogP contribution < -0.4 is 0 Å². The summed E-state index contributed by atoms with van der Waals surface area (Å²) in [5, 5.41) is 7.00. The number of carbonyl (C=O) groups is 1. The van der Waals surface area contributed by atoms with Crippen LogP contribution in [0.5, 0.6) is 0 Å². The number of aliphatic hydroxyl groups excluding tert-OH is 1. The van der Waals surface area contributed by atoms with E-state index >= 15 is 0 Å². The van der Waals surface area contributed by atoms with Crippen LogP contribution in [-0.2, 0) is 22.4 Å². The van der Waals surface area contributed by atoms with Crippen LogP contribution in [0.4, 0.5) is 0 Å². The monoisotopic (exact) mass is 344 g/mol. The Balaban J connectivity index is 0.000000710. The van der Waals surface area contributed by atoms with Crippen molar-refractivity contribution in [1.82, 2.24) is 0 Å². The summed E-state index contributed by atoms with van der Waals surface area (Å²) >= 11 is 0. The molecule has 0 aliphatic carbocycles. The molecule has 3 heteroatoms. The summed E-state index contributed by atoms with van der Waals surface area (Å²) in [5.41, 5.74) is 3.71. The number of methoxy groups -OCH3 is 1. The highest BCUT2D eigenvalue weighted by Crippen LogP contribution is 2.13. The highest BCUT2D eigenvalue weighted by Gasteiger charge is 2.09. The standard InChI is InChI=1S/C17H18O.C4H10O.CH4O/c1-14-7-9-16(10-8-14)12-17(13-18)11-15-5-3-2-4-6-15;1-4(2)5-3;1-2/h2-10,13,17H,11-12H2,1H3;4H,1-3H3;2H,1H3. The number of aliphatic hydroxyl groups is 1. The van der Waals surface area contributed by atoms with Crippen molar-refractivity contribution < 1.29 is 14.6 Å². The maximum atomic E-state index is 11.2. The second-order valence-corrected chi connectivity index (χ2v) is 6.06. The minimum atomic E-state index is 0.0649. The van der Waals surface area contributed by atoms with Crippen LogP contribution in [-0.4, -0.2) is 31.7 Å². The zero-order chi connectivity index (χ0) is 19.1. The van der Waals surface area contributed by atoms with Gasteiger partial charge in [-0.15, -0.1) is 0 Å². The van der Waals surface area contributed by atoms with E-state index in [1.54, 1.807) is 7.11 Å². The van der Waals surface area contributed by atoms with Crippen LogP contribution in [0.1, 0.15) is 30.5 Å². The molecule has 0 bridgehead atoms. The molecule has 138 valence electrons. The van der Waals surface area contributed by atoms with E-state index in [0.29, 0.717) is 6.10 Å². The highest BCUT2D eigenvalue weighted by atomic mass is 16.5. The first kappa shape index (κ1) is 23.0. The van der Waals surface area contributed by atoms with Crippen molar-refractivity contribution in [1.29, 1.82) is 0 Å². The smallest absolute Gasteiger partial charge is 0.123 e. The van der Waals surface area contributed by atoms with E-state index in [2.05, 4.69) is 43.3 Å². The first-order valence-corrected chi connectivity index (χ1v) is 8.57. The quantitative estimate of drug-likeness (QED) is 0.797. The van der Waals surface area contributed by atoms with Crippen LogP contribution in [0.15, 0.2) is 54.6 Å². The Kier molecular flexibility index (Phi) is 13.2. The normalized spacial score (nSPS) is 10.8. The van der Waals surface area contributed by atoms with Crippen molar-refractivity contribution in [3.63, 3.8) is 0 Å². The average Bonchev–Trinajstić information content (AvgIpc) is 2.66. The van der Waals surface area contributed by atoms with Crippen molar-refractivity contribution in [2.75, 3.05) is 14.2 Å². The zero-order valence-corrected chi connectivity index (χ0v) is 16.1. The molecule has 1 N–H and O–H groups in total. The molecule has 0 amide bonds. The van der Waals surface area contributed by atoms with Gasteiger partial charge in [0.15, 0.2) is 0 Å². The lowest BCUT2D eigenvalue weighted by atomic mass is 9.93. The van der Waals surface area contributed by atoms with E-state index in [9.17, 15) is 4.79 Å². The molecule has 0 radical (unpaired) electrons. The van der Waals surface area contributed by atoms with Gasteiger partial charge in [0.05, 0.1) is 6.10 Å². The molecule has 2 aromatic rings. The Labute approximate surface area is 152 Å². The number of hydrogen-bond acceptors (Lipinski definition) is 3. The minimum absolute atomic E-state index is 0.0649. The Hall–Kier alpha value is -1.97. The van der Waals surface area contributed by atoms with E-state index in [4.69, 9.17) is 9.84 Å². The van der Waals surface area contributed by atoms with Gasteiger partial charge in [-0.05, 0) is 44.7 Å². The molecule has 0 spiro atoms. The lowest BCUT2D eigenvalue weighted by Gasteiger charge is -2.10. The number of ether oxygens (including phenoxy) is 1. The summed E-state index contributed by atoms with van der Waals surface area (Å²) in [4.78, 5) is 11.2. The summed E-state index contributed by atoms with van der Waals surface area (Å²) in [5.74, 6) is 0.0649. The third-order valence-electron chi connectivity index (χ3n) is 3.62. The number of benzene rings is 2. The maximum absolute atomic E-state index is 11.2. The highest BCUT2D eigenvalue weighted by molar-refractivity contribution is 5.55. The Morgan fingerprint density at radius 3 is 1.76 bits per heavy atom. The number of aryl methyl sites for hydroxylation is 1. The molecule has 0 saturated heterocycles. The third kappa shape index (κ3) is 11.2. The fraction of sp³-hybridized carbons (Fsp3) is 0.409. The third-order valence-corrected chi connectivity index (χ3v) is 3.62. The summed E-state index contributed by atoms with van der Waals surface area (Å²) in [6.45, 7) is 6.07. The van der Waals surface area contributed by atoms with Crippen molar-refractivity contribution in [3.05, 3.63) is 71.3 Å². The molecule has 3 nitrogen and oxygen atoms in total. The van der Waals surface area contributed by atoms with E-state index in [0.717, 1.165) is 26.2 Å². The Bertz CT molecular complexity index is 547. The molecule has 0 aromatic heterocycles. The first-order chi connectivity index (χ1) is 12.0. The molecule has 25 heavy (non-hydrogen) atoms. The molecule has 0 saturated carbocycles. The number of rotatable bonds is 6. The first-order valence-electron chi connectivity index (χ1n) is 8.57. The van der Waals surface area contributed by atoms with E-state index in [1.807, 2.05) is 32.0 Å². The molecule has 1 unspecified atom stereocenters. The van der Waals surface area contributed by atoms with Gasteiger partial charge in [0.25, 0.3) is 0 Å². The van der Waals surface area contributed by atoms with E-state index in [1.165, 1.54) is 16.7 Å². The number of hydrogen-bond donors (Lipinski definition) is 1. The van der Waals surface area contributed by atoms with Crippen LogP contribution in [0.25, 0.3) is 0 Å². The van der Waals surface area contributed by atoms with Crippen LogP contribution >= 0.6 is 0 Å². The maximum Gasteiger partial charge on any atom is 0.123 e. The van der Waals surface area contributed by atoms with E-state index in [-0.39, 0.29) is 5.92 Å². The average molecular weight is 344 g/mol. The lowest BCUT2D eigenvalue weighted by Crippen LogP contribution is -2.09. The largest absolute Gasteiger partial charge is 0.400 e. The minimum Gasteiger partial charge on any atom is -0.400 e. The molecular weight excluding hydrogens is 312 g/mol. The second-order valence-electron chi connectivity index (χ2n) is 6.06. The Morgan fingerprint density at radius 1 is 0.920 bits per heavy atom. The molecule has 0 heterocycles. The van der Waals surface area contributed by atoms with Crippen molar-refractivity contribution in [2.45, 2.75) is 39.7 Å². The van der Waals surface area contributed by atoms with Crippen molar-refractivity contribution >= 4 is 6.29 Å². The van der Waals surface area contributed by atoms with Crippen molar-refractivity contribution in [3.8, 4) is 0 Å². The number of aldehydes is 1. The van der Waals surface area contributed by atoms with Gasteiger partial charge < -0.3 is 14.6 Å². The SMILES string of the molecule is CO.COC(C)C.Cc1ccc(CC(C=O)Cc2ccccc2)cc1. The number of carbonyl (C=O) groups excluding carboxylic acids is 1. The summed E-state index contributed by atoms with van der Waals surface area (Å²) in [6.07, 6.45) is 3.10. The van der Waals surface area contributed by atoms with Gasteiger partial charge >= 0.3 is 0 Å². The van der Waals surface area contributed by atoms with Gasteiger partial charge in [-0.25, -0.2) is 0 Å². The molecule has 2 aromatic carbocycles. The van der Waals surface area contributed by atoms with Crippen LogP contribution in [0.3, 0.4) is 0 Å². The van der Waals surface area contributed by atoms with Crippen LogP contribution in [0, 0.1) is 12.8 Å². The topological polar surface area (TPSA) is 46.5 Å². The second kappa shape index (κ2) is 14.4. The molecule has 2 rings (SSSR count). The van der Waals surface area contributed by atoms with Crippen LogP contribution in [0.2, 0.25) is 0 Å². The zero-order valence-electron chi connectivity index (χ0n) is 16.1. The predicted molar refractivity (Wildman–Crippen MR) is 105 cm³/mol. The molecular formula is C22H32O3.